The van der Waals surface area contributed by atoms with Crippen LogP contribution < -0.4 is 5.32 Å². The quantitative estimate of drug-likeness (QED) is 0.228. The van der Waals surface area contributed by atoms with E-state index >= 15 is 4.39 Å². The number of aliphatic carboxylic acids is 1. The molecule has 0 aliphatic carbocycles. The van der Waals surface area contributed by atoms with Gasteiger partial charge in [0.15, 0.2) is 5.82 Å². The summed E-state index contributed by atoms with van der Waals surface area (Å²) in [5.74, 6) is -1.80. The van der Waals surface area contributed by atoms with Gasteiger partial charge in [0.25, 0.3) is 5.91 Å². The molecule has 3 N–H and O–H groups in total. The number of carboxylic acids is 1. The van der Waals surface area contributed by atoms with E-state index in [4.69, 9.17) is 28.3 Å². The fraction of sp³-hybridized carbons (Fsp3) is 0.240. The molecule has 4 aromatic rings. The van der Waals surface area contributed by atoms with Crippen molar-refractivity contribution >= 4 is 46.0 Å². The molecule has 0 aliphatic rings. The zero-order valence-electron chi connectivity index (χ0n) is 18.7. The Morgan fingerprint density at radius 3 is 2.54 bits per heavy atom. The van der Waals surface area contributed by atoms with Gasteiger partial charge in [-0.3, -0.25) is 14.3 Å². The van der Waals surface area contributed by atoms with Crippen molar-refractivity contribution in [1.82, 2.24) is 20.1 Å². The number of aromatic nitrogens is 3. The molecule has 7 nitrogen and oxygen atoms in total. The van der Waals surface area contributed by atoms with Crippen LogP contribution in [-0.4, -0.2) is 38.3 Å². The first-order valence-corrected chi connectivity index (χ1v) is 11.9. The van der Waals surface area contributed by atoms with Gasteiger partial charge < -0.3 is 15.4 Å². The first kappa shape index (κ1) is 24.8. The van der Waals surface area contributed by atoms with Crippen LogP contribution in [0.2, 0.25) is 10.0 Å². The van der Waals surface area contributed by atoms with Crippen molar-refractivity contribution in [1.29, 1.82) is 0 Å². The van der Waals surface area contributed by atoms with Crippen LogP contribution in [0.3, 0.4) is 0 Å². The van der Waals surface area contributed by atoms with E-state index in [-0.39, 0.29) is 24.4 Å². The minimum atomic E-state index is -0.840. The lowest BCUT2D eigenvalue weighted by atomic mass is 10.1. The second-order valence-corrected chi connectivity index (χ2v) is 9.02. The van der Waals surface area contributed by atoms with Gasteiger partial charge in [-0.2, -0.15) is 5.10 Å². The predicted octanol–water partition coefficient (Wildman–Crippen LogP) is 5.90. The number of nitrogens with zero attached hydrogens (tertiary/aromatic N) is 2. The molecule has 0 bridgehead atoms. The average Bonchev–Trinajstić information content (AvgIpc) is 3.36. The third kappa shape index (κ3) is 5.83. The summed E-state index contributed by atoms with van der Waals surface area (Å²) in [6, 6.07) is 12.3. The Hall–Kier alpha value is -3.36. The molecule has 0 fully saturated rings. The van der Waals surface area contributed by atoms with Crippen molar-refractivity contribution in [3.05, 3.63) is 75.8 Å². The van der Waals surface area contributed by atoms with Crippen LogP contribution in [0.15, 0.2) is 48.7 Å². The van der Waals surface area contributed by atoms with Gasteiger partial charge in [0.2, 0.25) is 0 Å². The maximum atomic E-state index is 15.1. The van der Waals surface area contributed by atoms with Gasteiger partial charge in [-0.25, -0.2) is 4.39 Å². The number of rotatable bonds is 10. The lowest BCUT2D eigenvalue weighted by Gasteiger charge is -2.11. The first-order chi connectivity index (χ1) is 16.8. The molecule has 2 aromatic carbocycles. The van der Waals surface area contributed by atoms with Crippen molar-refractivity contribution in [3.8, 4) is 11.3 Å². The van der Waals surface area contributed by atoms with E-state index in [1.807, 2.05) is 12.1 Å². The van der Waals surface area contributed by atoms with E-state index in [9.17, 15) is 9.59 Å². The summed E-state index contributed by atoms with van der Waals surface area (Å²) in [5, 5.41) is 17.5. The number of carbonyl (C=O) groups excluding carboxylic acids is 1. The molecule has 0 spiro atoms. The molecule has 35 heavy (non-hydrogen) atoms. The standard InChI is InChI=1S/C25H23Cl2FN4O3/c26-16-7-5-15(6-8-16)14-32-24(19(28)13-30-32)22-18-10-9-17(27)12-20(18)31-23(22)25(35)29-11-3-1-2-4-21(33)34/h5-10,12-13,31H,1-4,11,14H2,(H,29,35)(H,33,34). The summed E-state index contributed by atoms with van der Waals surface area (Å²) in [5.41, 5.74) is 2.24. The van der Waals surface area contributed by atoms with E-state index in [1.54, 1.807) is 30.3 Å². The third-order valence-electron chi connectivity index (χ3n) is 5.62. The highest BCUT2D eigenvalue weighted by Gasteiger charge is 2.25. The Labute approximate surface area is 210 Å². The molecule has 2 heterocycles. The number of halogens is 3. The Morgan fingerprint density at radius 2 is 1.80 bits per heavy atom. The van der Waals surface area contributed by atoms with Crippen molar-refractivity contribution in [2.45, 2.75) is 32.2 Å². The number of aromatic amines is 1. The summed E-state index contributed by atoms with van der Waals surface area (Å²) in [4.78, 5) is 26.9. The molecule has 0 radical (unpaired) electrons. The number of nitrogens with one attached hydrogen (secondary N) is 2. The number of amides is 1. The number of H-pyrrole nitrogens is 1. The number of benzene rings is 2. The summed E-state index contributed by atoms with van der Waals surface area (Å²) in [7, 11) is 0. The molecule has 0 saturated heterocycles. The lowest BCUT2D eigenvalue weighted by molar-refractivity contribution is -0.137. The first-order valence-electron chi connectivity index (χ1n) is 11.1. The topological polar surface area (TPSA) is 100 Å². The molecule has 0 saturated carbocycles. The zero-order chi connectivity index (χ0) is 24.9. The van der Waals surface area contributed by atoms with Gasteiger partial charge in [-0.05, 0) is 42.7 Å². The normalized spacial score (nSPS) is 11.2. The van der Waals surface area contributed by atoms with Gasteiger partial charge in [0.1, 0.15) is 11.4 Å². The second-order valence-electron chi connectivity index (χ2n) is 8.15. The number of carbonyl (C=O) groups is 2. The molecule has 0 unspecified atom stereocenters. The fourth-order valence-corrected chi connectivity index (χ4v) is 4.25. The van der Waals surface area contributed by atoms with Crippen molar-refractivity contribution in [2.24, 2.45) is 0 Å². The summed E-state index contributed by atoms with van der Waals surface area (Å²) >= 11 is 12.1. The summed E-state index contributed by atoms with van der Waals surface area (Å²) in [6.45, 7) is 0.641. The Kier molecular flexibility index (Phi) is 7.73. The highest BCUT2D eigenvalue weighted by molar-refractivity contribution is 6.31. The van der Waals surface area contributed by atoms with Crippen LogP contribution in [0.4, 0.5) is 4.39 Å². The van der Waals surface area contributed by atoms with E-state index < -0.39 is 17.7 Å². The van der Waals surface area contributed by atoms with Crippen LogP contribution >= 0.6 is 23.2 Å². The molecule has 2 aromatic heterocycles. The van der Waals surface area contributed by atoms with E-state index in [0.717, 1.165) is 11.8 Å². The number of unbranched alkanes of at least 4 members (excludes halogenated alkanes) is 2. The molecule has 1 amide bonds. The number of hydrogen-bond acceptors (Lipinski definition) is 3. The number of hydrogen-bond donors (Lipinski definition) is 3. The molecule has 4 rings (SSSR count). The predicted molar refractivity (Wildman–Crippen MR) is 133 cm³/mol. The molecule has 0 aliphatic heterocycles. The Balaban J connectivity index is 1.65. The average molecular weight is 517 g/mol. The smallest absolute Gasteiger partial charge is 0.303 e. The lowest BCUT2D eigenvalue weighted by Crippen LogP contribution is -2.25. The number of carboxylic acid groups (broad SMARTS) is 1. The zero-order valence-corrected chi connectivity index (χ0v) is 20.2. The molecule has 182 valence electrons. The maximum Gasteiger partial charge on any atom is 0.303 e. The molecular formula is C25H23Cl2FN4O3. The number of fused-ring (bicyclic) bond motifs is 1. The van der Waals surface area contributed by atoms with Crippen molar-refractivity contribution in [2.75, 3.05) is 6.54 Å². The van der Waals surface area contributed by atoms with E-state index in [0.29, 0.717) is 52.3 Å². The minimum absolute atomic E-state index is 0.0950. The van der Waals surface area contributed by atoms with Gasteiger partial charge in [-0.15, -0.1) is 0 Å². The van der Waals surface area contributed by atoms with Gasteiger partial charge in [-0.1, -0.05) is 47.8 Å². The van der Waals surface area contributed by atoms with Gasteiger partial charge in [0.05, 0.1) is 12.7 Å². The van der Waals surface area contributed by atoms with Gasteiger partial charge in [0, 0.05) is 39.5 Å². The highest BCUT2D eigenvalue weighted by Crippen LogP contribution is 2.35. The van der Waals surface area contributed by atoms with Crippen LogP contribution in [0, 0.1) is 5.82 Å². The van der Waals surface area contributed by atoms with E-state index in [2.05, 4.69) is 15.4 Å². The van der Waals surface area contributed by atoms with Crippen LogP contribution in [0.5, 0.6) is 0 Å². The largest absolute Gasteiger partial charge is 0.481 e. The van der Waals surface area contributed by atoms with Crippen LogP contribution in [-0.2, 0) is 11.3 Å². The van der Waals surface area contributed by atoms with Crippen LogP contribution in [0.25, 0.3) is 22.2 Å². The summed E-state index contributed by atoms with van der Waals surface area (Å²) in [6.07, 6.45) is 3.06. The van der Waals surface area contributed by atoms with Crippen LogP contribution in [0.1, 0.15) is 41.7 Å². The Bertz CT molecular complexity index is 1370. The monoisotopic (exact) mass is 516 g/mol. The maximum absolute atomic E-state index is 15.1. The second kappa shape index (κ2) is 10.9. The minimum Gasteiger partial charge on any atom is -0.481 e. The summed E-state index contributed by atoms with van der Waals surface area (Å²) < 4.78 is 16.6. The molecular weight excluding hydrogens is 494 g/mol. The molecule has 10 heteroatoms. The van der Waals surface area contributed by atoms with Crippen molar-refractivity contribution in [3.63, 3.8) is 0 Å². The highest BCUT2D eigenvalue weighted by atomic mass is 35.5. The third-order valence-corrected chi connectivity index (χ3v) is 6.10. The van der Waals surface area contributed by atoms with Crippen molar-refractivity contribution < 1.29 is 19.1 Å². The fourth-order valence-electron chi connectivity index (χ4n) is 3.95. The SMILES string of the molecule is O=C(O)CCCCCNC(=O)c1[nH]c2cc(Cl)ccc2c1-c1c(F)cnn1Cc1ccc(Cl)cc1. The van der Waals surface area contributed by atoms with E-state index in [1.165, 1.54) is 4.68 Å². The Morgan fingerprint density at radius 1 is 1.06 bits per heavy atom. The molecule has 0 atom stereocenters. The van der Waals surface area contributed by atoms with Gasteiger partial charge >= 0.3 is 5.97 Å².